The minimum Gasteiger partial charge on any atom is -0.252 e. The van der Waals surface area contributed by atoms with Crippen LogP contribution in [-0.2, 0) is 11.6 Å². The zero-order chi connectivity index (χ0) is 20.4. The van der Waals surface area contributed by atoms with Crippen LogP contribution in [0.2, 0.25) is 0 Å². The van der Waals surface area contributed by atoms with Crippen molar-refractivity contribution in [3.63, 3.8) is 0 Å². The lowest BCUT2D eigenvalue weighted by Crippen LogP contribution is -2.51. The maximum Gasteiger partial charge on any atom is 0.728 e. The van der Waals surface area contributed by atoms with Gasteiger partial charge in [0.15, 0.2) is 40.7 Å². The zero-order valence-electron chi connectivity index (χ0n) is 11.9. The van der Waals surface area contributed by atoms with Gasteiger partial charge in [-0.3, -0.25) is 60.7 Å². The summed E-state index contributed by atoms with van der Waals surface area (Å²) < 4.78 is 0. The van der Waals surface area contributed by atoms with Crippen molar-refractivity contribution in [1.29, 1.82) is 0 Å². The Kier molecular flexibility index (Phi) is 4.73. The van der Waals surface area contributed by atoms with E-state index in [0.29, 0.717) is 0 Å². The molecule has 0 spiro atoms. The van der Waals surface area contributed by atoms with Gasteiger partial charge >= 0.3 is 11.6 Å². The van der Waals surface area contributed by atoms with Crippen LogP contribution in [0.25, 0.3) is 0 Å². The fourth-order valence-electron chi connectivity index (χ4n) is 1.95. The van der Waals surface area contributed by atoms with Crippen LogP contribution >= 0.6 is 0 Å². The molecule has 138 valence electrons. The Hall–Kier alpha value is -4.38. The fraction of sp³-hybridized carbons (Fsp3) is 0.250. The number of hydrogen-bond acceptors (Lipinski definition) is 12. The van der Waals surface area contributed by atoms with Crippen LogP contribution in [0, 0.1) is 60.7 Å². The van der Waals surface area contributed by atoms with Crippen molar-refractivity contribution in [2.24, 2.45) is 0 Å². The summed E-state index contributed by atoms with van der Waals surface area (Å²) in [6.07, 6.45) is 0. The Morgan fingerprint density at radius 1 is 0.462 bits per heavy atom. The molecule has 0 saturated carbocycles. The highest BCUT2D eigenvalue weighted by Crippen LogP contribution is 2.31. The standard InChI is InChI=1S/C8H4N6O12/c15-9(16)7(10(17)18,11(19)20)5-1-2-6(4-3-5)8(12(21)22,13(23)24)14(25)26/h1-4H. The van der Waals surface area contributed by atoms with Crippen LogP contribution in [0.1, 0.15) is 11.1 Å². The van der Waals surface area contributed by atoms with E-state index in [1.807, 2.05) is 0 Å². The second-order valence-corrected chi connectivity index (χ2v) is 4.39. The van der Waals surface area contributed by atoms with Gasteiger partial charge in [-0.1, -0.05) is 0 Å². The Bertz CT molecular complexity index is 692. The van der Waals surface area contributed by atoms with Gasteiger partial charge in [-0.15, -0.1) is 0 Å². The van der Waals surface area contributed by atoms with E-state index in [2.05, 4.69) is 0 Å². The molecule has 0 bridgehead atoms. The van der Waals surface area contributed by atoms with Crippen molar-refractivity contribution >= 4 is 0 Å². The summed E-state index contributed by atoms with van der Waals surface area (Å²) in [5, 5.41) is 65.5. The quantitative estimate of drug-likeness (QED) is 0.317. The third-order valence-corrected chi connectivity index (χ3v) is 3.19. The molecular formula is C8H4N6O12. The molecule has 1 aromatic carbocycles. The molecule has 1 rings (SSSR count). The number of nitro groups is 6. The SMILES string of the molecule is O=[N+]([O-])C(c1ccc(C([N+](=O)[O-])([N+](=O)[O-])[N+](=O)[O-])cc1)([N+](=O)[O-])[N+](=O)[O-]. The van der Waals surface area contributed by atoms with E-state index >= 15 is 0 Å². The summed E-state index contributed by atoms with van der Waals surface area (Å²) in [5.74, 6) is -8.22. The highest BCUT2D eigenvalue weighted by Gasteiger charge is 2.74. The Labute approximate surface area is 138 Å². The second-order valence-electron chi connectivity index (χ2n) is 4.39. The van der Waals surface area contributed by atoms with Crippen molar-refractivity contribution in [3.8, 4) is 0 Å². The van der Waals surface area contributed by atoms with Gasteiger partial charge in [0.1, 0.15) is 0 Å². The van der Waals surface area contributed by atoms with Crippen molar-refractivity contribution in [2.75, 3.05) is 0 Å². The molecule has 0 unspecified atom stereocenters. The Morgan fingerprint density at radius 2 is 0.615 bits per heavy atom. The van der Waals surface area contributed by atoms with Crippen LogP contribution in [0.3, 0.4) is 0 Å². The highest BCUT2D eigenvalue weighted by molar-refractivity contribution is 5.26. The molecule has 0 N–H and O–H groups in total. The van der Waals surface area contributed by atoms with E-state index in [-0.39, 0.29) is 24.3 Å². The van der Waals surface area contributed by atoms with Gasteiger partial charge in [0.25, 0.3) is 0 Å². The van der Waals surface area contributed by atoms with Gasteiger partial charge in [-0.2, -0.15) is 0 Å². The molecule has 0 amide bonds. The average molecular weight is 376 g/mol. The van der Waals surface area contributed by atoms with Crippen LogP contribution in [0.15, 0.2) is 24.3 Å². The lowest BCUT2D eigenvalue weighted by atomic mass is 10.0. The lowest BCUT2D eigenvalue weighted by Gasteiger charge is -2.11. The molecule has 0 aromatic heterocycles. The fourth-order valence-corrected chi connectivity index (χ4v) is 1.95. The monoisotopic (exact) mass is 376 g/mol. The number of benzene rings is 1. The minimum absolute atomic E-state index is 0.217. The zero-order valence-corrected chi connectivity index (χ0v) is 11.9. The van der Waals surface area contributed by atoms with E-state index in [0.717, 1.165) is 0 Å². The van der Waals surface area contributed by atoms with E-state index in [9.17, 15) is 60.7 Å². The molecule has 0 fully saturated rings. The molecule has 0 saturated heterocycles. The molecule has 0 atom stereocenters. The summed E-state index contributed by atoms with van der Waals surface area (Å²) in [4.78, 5) is 54.2. The molecule has 18 heteroatoms. The van der Waals surface area contributed by atoms with Crippen molar-refractivity contribution in [3.05, 3.63) is 96.1 Å². The van der Waals surface area contributed by atoms with Crippen molar-refractivity contribution in [2.45, 2.75) is 11.6 Å². The lowest BCUT2D eigenvalue weighted by molar-refractivity contribution is -0.987. The van der Waals surface area contributed by atoms with E-state index in [4.69, 9.17) is 0 Å². The van der Waals surface area contributed by atoms with Crippen molar-refractivity contribution in [1.82, 2.24) is 0 Å². The summed E-state index contributed by atoms with van der Waals surface area (Å²) in [5.41, 5.74) is -2.49. The molecule has 18 nitrogen and oxygen atoms in total. The normalized spacial score (nSPS) is 11.4. The minimum atomic E-state index is -4.11. The second kappa shape index (κ2) is 6.26. The topological polar surface area (TPSA) is 259 Å². The molecular weight excluding hydrogens is 372 g/mol. The van der Waals surface area contributed by atoms with Crippen LogP contribution in [-0.4, -0.2) is 29.5 Å². The maximum absolute atomic E-state index is 10.9. The third kappa shape index (κ3) is 2.37. The van der Waals surface area contributed by atoms with E-state index < -0.39 is 52.2 Å². The predicted octanol–water partition coefficient (Wildman–Crippen LogP) is -0.433. The maximum atomic E-state index is 10.9. The summed E-state index contributed by atoms with van der Waals surface area (Å²) in [7, 11) is 0. The van der Waals surface area contributed by atoms with Crippen LogP contribution in [0.5, 0.6) is 0 Å². The van der Waals surface area contributed by atoms with E-state index in [1.165, 1.54) is 0 Å². The summed E-state index contributed by atoms with van der Waals surface area (Å²) in [6, 6.07) is 0.869. The van der Waals surface area contributed by atoms with Gasteiger partial charge in [0.2, 0.25) is 0 Å². The number of nitrogens with zero attached hydrogens (tertiary/aromatic N) is 6. The number of rotatable bonds is 8. The Balaban J connectivity index is 3.74. The first-order valence-corrected chi connectivity index (χ1v) is 5.85. The molecule has 0 aliphatic carbocycles. The molecule has 0 aliphatic rings. The summed E-state index contributed by atoms with van der Waals surface area (Å²) in [6.45, 7) is 0. The van der Waals surface area contributed by atoms with Gasteiger partial charge in [-0.25, -0.2) is 0 Å². The first-order chi connectivity index (χ1) is 11.9. The molecule has 0 heterocycles. The Morgan fingerprint density at radius 3 is 0.731 bits per heavy atom. The molecule has 0 aliphatic heterocycles. The van der Waals surface area contributed by atoms with Gasteiger partial charge in [-0.05, 0) is 24.3 Å². The summed E-state index contributed by atoms with van der Waals surface area (Å²) >= 11 is 0. The van der Waals surface area contributed by atoms with Crippen molar-refractivity contribution < 1.29 is 29.5 Å². The number of hydrogen-bond donors (Lipinski definition) is 0. The first-order valence-electron chi connectivity index (χ1n) is 5.85. The smallest absolute Gasteiger partial charge is 0.252 e. The molecule has 0 radical (unpaired) electrons. The van der Waals surface area contributed by atoms with Gasteiger partial charge < -0.3 is 0 Å². The van der Waals surface area contributed by atoms with Gasteiger partial charge in [0, 0.05) is 0 Å². The highest BCUT2D eigenvalue weighted by atomic mass is 16.7. The predicted molar refractivity (Wildman–Crippen MR) is 71.8 cm³/mol. The van der Waals surface area contributed by atoms with Crippen LogP contribution < -0.4 is 0 Å². The molecule has 26 heavy (non-hydrogen) atoms. The third-order valence-electron chi connectivity index (χ3n) is 3.19. The van der Waals surface area contributed by atoms with E-state index in [1.54, 1.807) is 0 Å². The largest absolute Gasteiger partial charge is 0.728 e. The first kappa shape index (κ1) is 19.7. The van der Waals surface area contributed by atoms with Crippen LogP contribution in [0.4, 0.5) is 0 Å². The average Bonchev–Trinajstić information content (AvgIpc) is 2.47. The van der Waals surface area contributed by atoms with Gasteiger partial charge in [0.05, 0.1) is 0 Å². The molecule has 1 aromatic rings.